The van der Waals surface area contributed by atoms with Crippen LogP contribution in [0, 0.1) is 0 Å². The zero-order valence-corrected chi connectivity index (χ0v) is 4.55. The van der Waals surface area contributed by atoms with Gasteiger partial charge in [0, 0.05) is 13.0 Å². The normalized spacial score (nSPS) is 20.0. The molecule has 0 aromatic carbocycles. The first-order valence-corrected chi connectivity index (χ1v) is 2.52. The second-order valence-electron chi connectivity index (χ2n) is 1.43. The minimum Gasteiger partial charge on any atom is -0.373 e. The molecule has 0 atom stereocenters. The predicted molar refractivity (Wildman–Crippen MR) is 30.2 cm³/mol. The average Bonchev–Trinajstić information content (AvgIpc) is 1.91. The van der Waals surface area contributed by atoms with E-state index >= 15 is 0 Å². The van der Waals surface area contributed by atoms with Gasteiger partial charge in [0.05, 0.1) is 0 Å². The molecule has 0 aliphatic carbocycles. The number of ketones is 1. The van der Waals surface area contributed by atoms with Gasteiger partial charge in [-0.15, -0.1) is 0 Å². The third kappa shape index (κ3) is 0.771. The first-order valence-electron chi connectivity index (χ1n) is 2.12. The summed E-state index contributed by atoms with van der Waals surface area (Å²) in [6.07, 6.45) is 0.582. The van der Waals surface area contributed by atoms with Crippen molar-refractivity contribution in [3.63, 3.8) is 0 Å². The molecule has 0 radical (unpaired) electrons. The van der Waals surface area contributed by atoms with Gasteiger partial charge in [0.15, 0.2) is 5.78 Å². The van der Waals surface area contributed by atoms with Crippen LogP contribution in [0.5, 0.6) is 0 Å². The number of carbonyl (C=O) groups is 1. The van der Waals surface area contributed by atoms with Gasteiger partial charge in [0.1, 0.15) is 4.99 Å². The standard InChI is InChI=1S/C4H5NOS/c6-3-1-2-5-4(3)7/h1-2H2,(H,5,7). The van der Waals surface area contributed by atoms with Gasteiger partial charge in [-0.25, -0.2) is 0 Å². The van der Waals surface area contributed by atoms with Gasteiger partial charge >= 0.3 is 0 Å². The number of hydrogen-bond acceptors (Lipinski definition) is 2. The molecule has 1 rings (SSSR count). The molecule has 1 aliphatic rings. The van der Waals surface area contributed by atoms with Crippen LogP contribution in [-0.4, -0.2) is 17.3 Å². The van der Waals surface area contributed by atoms with Crippen LogP contribution in [0.2, 0.25) is 0 Å². The van der Waals surface area contributed by atoms with Gasteiger partial charge in [-0.05, 0) is 0 Å². The molecule has 7 heavy (non-hydrogen) atoms. The highest BCUT2D eigenvalue weighted by Gasteiger charge is 2.14. The van der Waals surface area contributed by atoms with E-state index < -0.39 is 0 Å². The van der Waals surface area contributed by atoms with Crippen LogP contribution in [0.1, 0.15) is 6.42 Å². The Hall–Kier alpha value is -0.440. The fourth-order valence-corrected chi connectivity index (χ4v) is 0.706. The molecule has 2 nitrogen and oxygen atoms in total. The third-order valence-electron chi connectivity index (χ3n) is 0.891. The SMILES string of the molecule is O=C1CCNC1=S. The van der Waals surface area contributed by atoms with E-state index in [0.29, 0.717) is 11.4 Å². The summed E-state index contributed by atoms with van der Waals surface area (Å²) in [5, 5.41) is 2.75. The summed E-state index contributed by atoms with van der Waals surface area (Å²) in [6, 6.07) is 0. The Balaban J connectivity index is 2.65. The number of thiocarbonyl (C=S) groups is 1. The molecule has 1 N–H and O–H groups in total. The van der Waals surface area contributed by atoms with E-state index in [1.807, 2.05) is 0 Å². The Labute approximate surface area is 46.9 Å². The number of nitrogens with one attached hydrogen (secondary N) is 1. The lowest BCUT2D eigenvalue weighted by molar-refractivity contribution is -0.112. The van der Waals surface area contributed by atoms with Crippen molar-refractivity contribution in [1.29, 1.82) is 0 Å². The molecule has 0 unspecified atom stereocenters. The molecule has 0 aromatic heterocycles. The fraction of sp³-hybridized carbons (Fsp3) is 0.500. The quantitative estimate of drug-likeness (QED) is 0.446. The maximum Gasteiger partial charge on any atom is 0.191 e. The summed E-state index contributed by atoms with van der Waals surface area (Å²) < 4.78 is 0. The molecule has 0 bridgehead atoms. The molecule has 1 heterocycles. The van der Waals surface area contributed by atoms with Crippen molar-refractivity contribution in [2.45, 2.75) is 6.42 Å². The minimum atomic E-state index is 0.0787. The second kappa shape index (κ2) is 1.58. The highest BCUT2D eigenvalue weighted by molar-refractivity contribution is 7.82. The van der Waals surface area contributed by atoms with E-state index in [9.17, 15) is 4.79 Å². The van der Waals surface area contributed by atoms with Crippen LogP contribution < -0.4 is 5.32 Å². The van der Waals surface area contributed by atoms with Crippen molar-refractivity contribution in [2.75, 3.05) is 6.54 Å². The van der Waals surface area contributed by atoms with Crippen LogP contribution in [0.4, 0.5) is 0 Å². The Morgan fingerprint density at radius 1 is 1.71 bits per heavy atom. The monoisotopic (exact) mass is 115 g/mol. The molecule has 0 saturated carbocycles. The van der Waals surface area contributed by atoms with Crippen LogP contribution in [0.3, 0.4) is 0 Å². The van der Waals surface area contributed by atoms with Gasteiger partial charge in [-0.1, -0.05) is 12.2 Å². The zero-order valence-electron chi connectivity index (χ0n) is 3.73. The third-order valence-corrected chi connectivity index (χ3v) is 1.26. The van der Waals surface area contributed by atoms with Crippen molar-refractivity contribution in [1.82, 2.24) is 5.32 Å². The van der Waals surface area contributed by atoms with E-state index in [0.717, 1.165) is 6.54 Å². The first kappa shape index (κ1) is 4.71. The summed E-state index contributed by atoms with van der Waals surface area (Å²) in [6.45, 7) is 0.734. The number of Topliss-reactive ketones (excluding diaryl/α,β-unsaturated/α-hetero) is 1. The Bertz CT molecular complexity index is 107. The number of carbonyl (C=O) groups excluding carboxylic acids is 1. The van der Waals surface area contributed by atoms with Crippen molar-refractivity contribution in [2.24, 2.45) is 0 Å². The van der Waals surface area contributed by atoms with E-state index in [2.05, 4.69) is 17.5 Å². The van der Waals surface area contributed by atoms with Gasteiger partial charge < -0.3 is 5.32 Å². The molecular formula is C4H5NOS. The summed E-state index contributed by atoms with van der Waals surface area (Å²) >= 11 is 4.58. The lowest BCUT2D eigenvalue weighted by Crippen LogP contribution is -2.15. The van der Waals surface area contributed by atoms with E-state index in [1.54, 1.807) is 0 Å². The average molecular weight is 115 g/mol. The van der Waals surface area contributed by atoms with Crippen LogP contribution in [0.15, 0.2) is 0 Å². The highest BCUT2D eigenvalue weighted by atomic mass is 32.1. The topological polar surface area (TPSA) is 29.1 Å². The molecule has 38 valence electrons. The van der Waals surface area contributed by atoms with Crippen molar-refractivity contribution in [3.05, 3.63) is 0 Å². The van der Waals surface area contributed by atoms with Crippen molar-refractivity contribution in [3.8, 4) is 0 Å². The van der Waals surface area contributed by atoms with Crippen LogP contribution in [-0.2, 0) is 4.79 Å². The molecule has 3 heteroatoms. The Morgan fingerprint density at radius 3 is 2.57 bits per heavy atom. The molecule has 0 amide bonds. The molecule has 1 saturated heterocycles. The number of hydrogen-bond donors (Lipinski definition) is 1. The van der Waals surface area contributed by atoms with Gasteiger partial charge in [-0.2, -0.15) is 0 Å². The molecule has 1 aliphatic heterocycles. The summed E-state index contributed by atoms with van der Waals surface area (Å²) in [7, 11) is 0. The lowest BCUT2D eigenvalue weighted by Gasteiger charge is -1.83. The maximum absolute atomic E-state index is 10.4. The van der Waals surface area contributed by atoms with E-state index in [1.165, 1.54) is 0 Å². The zero-order chi connectivity index (χ0) is 5.28. The highest BCUT2D eigenvalue weighted by Crippen LogP contribution is 1.91. The largest absolute Gasteiger partial charge is 0.373 e. The summed E-state index contributed by atoms with van der Waals surface area (Å²) in [4.78, 5) is 10.8. The molecular weight excluding hydrogens is 110 g/mol. The summed E-state index contributed by atoms with van der Waals surface area (Å²) in [5.74, 6) is 0.0787. The lowest BCUT2D eigenvalue weighted by atomic mass is 10.4. The van der Waals surface area contributed by atoms with E-state index in [-0.39, 0.29) is 5.78 Å². The summed E-state index contributed by atoms with van der Waals surface area (Å²) in [5.41, 5.74) is 0. The Kier molecular flexibility index (Phi) is 1.06. The smallest absolute Gasteiger partial charge is 0.191 e. The fourth-order valence-electron chi connectivity index (χ4n) is 0.502. The van der Waals surface area contributed by atoms with Gasteiger partial charge in [-0.3, -0.25) is 4.79 Å². The Morgan fingerprint density at radius 2 is 2.43 bits per heavy atom. The van der Waals surface area contributed by atoms with Crippen molar-refractivity contribution < 1.29 is 4.79 Å². The maximum atomic E-state index is 10.4. The molecule has 0 spiro atoms. The van der Waals surface area contributed by atoms with E-state index in [4.69, 9.17) is 0 Å². The number of rotatable bonds is 0. The second-order valence-corrected chi connectivity index (χ2v) is 1.84. The van der Waals surface area contributed by atoms with Gasteiger partial charge in [0.25, 0.3) is 0 Å². The van der Waals surface area contributed by atoms with Crippen LogP contribution >= 0.6 is 12.2 Å². The van der Waals surface area contributed by atoms with Gasteiger partial charge in [0.2, 0.25) is 0 Å². The predicted octanol–water partition coefficient (Wildman–Crippen LogP) is -0.124. The molecule has 0 aromatic rings. The van der Waals surface area contributed by atoms with Crippen molar-refractivity contribution >= 4 is 23.0 Å². The minimum absolute atomic E-state index is 0.0787. The van der Waals surface area contributed by atoms with Crippen LogP contribution in [0.25, 0.3) is 0 Å². The molecule has 1 fully saturated rings. The first-order chi connectivity index (χ1) is 3.30.